The largest absolute Gasteiger partial charge is 0.310 e. The number of rotatable bonds is 4. The second-order valence-electron chi connectivity index (χ2n) is 5.06. The minimum absolute atomic E-state index is 0.678. The molecule has 1 saturated carbocycles. The van der Waals surface area contributed by atoms with Gasteiger partial charge in [0.25, 0.3) is 0 Å². The number of aromatic nitrogens is 3. The first-order valence-electron chi connectivity index (χ1n) is 6.55. The van der Waals surface area contributed by atoms with Gasteiger partial charge in [-0.25, -0.2) is 4.68 Å². The van der Waals surface area contributed by atoms with Crippen LogP contribution in [0.2, 0.25) is 5.02 Å². The monoisotopic (exact) mass is 276 g/mol. The average molecular weight is 277 g/mol. The third-order valence-electron chi connectivity index (χ3n) is 3.47. The highest BCUT2D eigenvalue weighted by atomic mass is 35.5. The summed E-state index contributed by atoms with van der Waals surface area (Å²) in [4.78, 5) is 4.21. The van der Waals surface area contributed by atoms with Crippen LogP contribution in [0.3, 0.4) is 0 Å². The van der Waals surface area contributed by atoms with Crippen molar-refractivity contribution in [1.82, 2.24) is 20.1 Å². The van der Waals surface area contributed by atoms with Gasteiger partial charge in [0, 0.05) is 30.5 Å². The molecule has 19 heavy (non-hydrogen) atoms. The molecule has 0 spiro atoms. The molecule has 0 aromatic carbocycles. The van der Waals surface area contributed by atoms with Crippen molar-refractivity contribution in [3.63, 3.8) is 0 Å². The Morgan fingerprint density at radius 3 is 2.84 bits per heavy atom. The Hall–Kier alpha value is -1.39. The summed E-state index contributed by atoms with van der Waals surface area (Å²) in [5.41, 5.74) is 4.03. The third-order valence-corrected chi connectivity index (χ3v) is 4.01. The van der Waals surface area contributed by atoms with E-state index in [4.69, 9.17) is 11.6 Å². The van der Waals surface area contributed by atoms with Gasteiger partial charge in [0.15, 0.2) is 0 Å². The molecule has 0 atom stereocenters. The molecule has 1 fully saturated rings. The predicted molar refractivity (Wildman–Crippen MR) is 75.7 cm³/mol. The zero-order valence-electron chi connectivity index (χ0n) is 11.2. The summed E-state index contributed by atoms with van der Waals surface area (Å²) < 4.78 is 1.91. The molecule has 0 aliphatic heterocycles. The Morgan fingerprint density at radius 1 is 1.42 bits per heavy atom. The summed E-state index contributed by atoms with van der Waals surface area (Å²) in [7, 11) is 0. The molecule has 3 rings (SSSR count). The Kier molecular flexibility index (Phi) is 3.29. The zero-order valence-corrected chi connectivity index (χ0v) is 11.9. The fourth-order valence-corrected chi connectivity index (χ4v) is 2.28. The highest BCUT2D eigenvalue weighted by Crippen LogP contribution is 2.25. The van der Waals surface area contributed by atoms with Crippen molar-refractivity contribution >= 4 is 11.6 Å². The molecule has 0 saturated heterocycles. The minimum atomic E-state index is 0.678. The van der Waals surface area contributed by atoms with Gasteiger partial charge in [0.1, 0.15) is 0 Å². The summed E-state index contributed by atoms with van der Waals surface area (Å²) in [5.74, 6) is 0. The molecule has 2 heterocycles. The van der Waals surface area contributed by atoms with Crippen molar-refractivity contribution in [2.45, 2.75) is 39.3 Å². The van der Waals surface area contributed by atoms with Crippen molar-refractivity contribution in [2.24, 2.45) is 0 Å². The van der Waals surface area contributed by atoms with Gasteiger partial charge in [-0.05, 0) is 32.8 Å². The van der Waals surface area contributed by atoms with E-state index in [9.17, 15) is 0 Å². The van der Waals surface area contributed by atoms with Crippen LogP contribution >= 0.6 is 11.6 Å². The molecule has 2 aromatic rings. The third kappa shape index (κ3) is 2.51. The maximum atomic E-state index is 6.22. The van der Waals surface area contributed by atoms with Crippen molar-refractivity contribution in [2.75, 3.05) is 0 Å². The first-order valence-corrected chi connectivity index (χ1v) is 6.93. The second-order valence-corrected chi connectivity index (χ2v) is 5.43. The van der Waals surface area contributed by atoms with Crippen LogP contribution in [0, 0.1) is 13.8 Å². The number of hydrogen-bond acceptors (Lipinski definition) is 3. The lowest BCUT2D eigenvalue weighted by Crippen LogP contribution is -2.17. The van der Waals surface area contributed by atoms with Gasteiger partial charge in [-0.3, -0.25) is 4.98 Å². The Morgan fingerprint density at radius 2 is 2.21 bits per heavy atom. The number of aryl methyl sites for hydroxylation is 1. The summed E-state index contributed by atoms with van der Waals surface area (Å²) in [6, 6.07) is 2.66. The molecule has 4 nitrogen and oxygen atoms in total. The minimum Gasteiger partial charge on any atom is -0.310 e. The van der Waals surface area contributed by atoms with Gasteiger partial charge in [-0.15, -0.1) is 0 Å². The number of nitrogens with zero attached hydrogens (tertiary/aromatic N) is 3. The van der Waals surface area contributed by atoms with E-state index in [1.54, 1.807) is 6.20 Å². The fourth-order valence-electron chi connectivity index (χ4n) is 2.16. The molecule has 1 aliphatic rings. The maximum absolute atomic E-state index is 6.22. The number of nitrogens with one attached hydrogen (secondary N) is 1. The Balaban J connectivity index is 1.96. The first-order chi connectivity index (χ1) is 9.16. The van der Waals surface area contributed by atoms with Crippen LogP contribution in [0.15, 0.2) is 18.5 Å². The van der Waals surface area contributed by atoms with Crippen LogP contribution in [0.1, 0.15) is 29.8 Å². The van der Waals surface area contributed by atoms with E-state index in [2.05, 4.69) is 15.4 Å². The van der Waals surface area contributed by atoms with E-state index in [0.29, 0.717) is 6.04 Å². The highest BCUT2D eigenvalue weighted by Gasteiger charge is 2.21. The summed E-state index contributed by atoms with van der Waals surface area (Å²) in [5, 5.41) is 8.76. The van der Waals surface area contributed by atoms with Crippen LogP contribution in [0.5, 0.6) is 0 Å². The molecule has 0 bridgehead atoms. The first kappa shape index (κ1) is 12.6. The second kappa shape index (κ2) is 4.94. The van der Waals surface area contributed by atoms with Crippen LogP contribution in [0.25, 0.3) is 5.69 Å². The van der Waals surface area contributed by atoms with E-state index >= 15 is 0 Å². The molecule has 5 heteroatoms. The molecular weight excluding hydrogens is 260 g/mol. The maximum Gasteiger partial charge on any atom is 0.0848 e. The van der Waals surface area contributed by atoms with Gasteiger partial charge < -0.3 is 5.32 Å². The van der Waals surface area contributed by atoms with E-state index < -0.39 is 0 Å². The smallest absolute Gasteiger partial charge is 0.0848 e. The molecule has 0 unspecified atom stereocenters. The van der Waals surface area contributed by atoms with E-state index in [1.807, 2.05) is 30.8 Å². The normalized spacial score (nSPS) is 14.9. The van der Waals surface area contributed by atoms with Crippen molar-refractivity contribution < 1.29 is 0 Å². The zero-order chi connectivity index (χ0) is 13.4. The van der Waals surface area contributed by atoms with E-state index in [1.165, 1.54) is 12.8 Å². The van der Waals surface area contributed by atoms with Crippen molar-refractivity contribution in [3.05, 3.63) is 40.4 Å². The van der Waals surface area contributed by atoms with Crippen LogP contribution in [0.4, 0.5) is 0 Å². The van der Waals surface area contributed by atoms with Crippen LogP contribution in [-0.2, 0) is 6.54 Å². The summed E-state index contributed by atoms with van der Waals surface area (Å²) in [6.07, 6.45) is 6.25. The van der Waals surface area contributed by atoms with Gasteiger partial charge in [-0.2, -0.15) is 5.10 Å². The number of pyridine rings is 1. The Bertz CT molecular complexity index is 601. The van der Waals surface area contributed by atoms with Crippen LogP contribution in [-0.4, -0.2) is 20.8 Å². The Labute approximate surface area is 117 Å². The van der Waals surface area contributed by atoms with Gasteiger partial charge in [0.2, 0.25) is 0 Å². The lowest BCUT2D eigenvalue weighted by molar-refractivity contribution is 0.677. The molecule has 100 valence electrons. The molecular formula is C14H17ClN4. The van der Waals surface area contributed by atoms with Gasteiger partial charge >= 0.3 is 0 Å². The van der Waals surface area contributed by atoms with E-state index in [-0.39, 0.29) is 0 Å². The quantitative estimate of drug-likeness (QED) is 0.934. The van der Waals surface area contributed by atoms with Gasteiger partial charge in [-0.1, -0.05) is 11.6 Å². The van der Waals surface area contributed by atoms with Gasteiger partial charge in [0.05, 0.1) is 22.1 Å². The molecule has 1 aliphatic carbocycles. The average Bonchev–Trinajstić information content (AvgIpc) is 3.21. The standard InChI is InChI=1S/C14H17ClN4/c1-9-14(15)10(2)19(18-9)13-5-6-16-7-11(13)8-17-12-3-4-12/h5-7,12,17H,3-4,8H2,1-2H3. The highest BCUT2D eigenvalue weighted by molar-refractivity contribution is 6.31. The number of halogens is 1. The lowest BCUT2D eigenvalue weighted by Gasteiger charge is -2.11. The van der Waals surface area contributed by atoms with Crippen molar-refractivity contribution in [3.8, 4) is 5.69 Å². The number of hydrogen-bond donors (Lipinski definition) is 1. The van der Waals surface area contributed by atoms with Crippen molar-refractivity contribution in [1.29, 1.82) is 0 Å². The predicted octanol–water partition coefficient (Wildman–Crippen LogP) is 2.79. The fraction of sp³-hybridized carbons (Fsp3) is 0.429. The summed E-state index contributed by atoms with van der Waals surface area (Å²) >= 11 is 6.22. The molecule has 0 radical (unpaired) electrons. The molecule has 0 amide bonds. The summed E-state index contributed by atoms with van der Waals surface area (Å²) in [6.45, 7) is 4.74. The van der Waals surface area contributed by atoms with Crippen LogP contribution < -0.4 is 5.32 Å². The molecule has 1 N–H and O–H groups in total. The topological polar surface area (TPSA) is 42.7 Å². The lowest BCUT2D eigenvalue weighted by atomic mass is 10.2. The molecule has 2 aromatic heterocycles. The van der Waals surface area contributed by atoms with E-state index in [0.717, 1.165) is 34.2 Å². The SMILES string of the molecule is Cc1nn(-c2ccncc2CNC2CC2)c(C)c1Cl.